The zero-order valence-corrected chi connectivity index (χ0v) is 70.2. The molecule has 0 aliphatic carbocycles. The van der Waals surface area contributed by atoms with Crippen LogP contribution in [-0.2, 0) is 10.0 Å². The highest BCUT2D eigenvalue weighted by atomic mass is 32.2. The fourth-order valence-corrected chi connectivity index (χ4v) is 10.7. The van der Waals surface area contributed by atoms with E-state index in [1.54, 1.807) is 27.9 Å². The van der Waals surface area contributed by atoms with Crippen molar-refractivity contribution in [1.29, 1.82) is 0 Å². The maximum absolute atomic E-state index is 12.0. The van der Waals surface area contributed by atoms with Crippen LogP contribution in [0.3, 0.4) is 0 Å². The van der Waals surface area contributed by atoms with Gasteiger partial charge >= 0.3 is 0 Å². The van der Waals surface area contributed by atoms with Gasteiger partial charge in [0.25, 0.3) is 0 Å². The minimum Gasteiger partial charge on any atom is -0.396 e. The number of hydrogen-bond acceptors (Lipinski definition) is 24. The van der Waals surface area contributed by atoms with Crippen molar-refractivity contribution in [2.45, 2.75) is 319 Å². The van der Waals surface area contributed by atoms with Crippen LogP contribution in [0.1, 0.15) is 227 Å². The molecule has 0 aromatic carbocycles. The van der Waals surface area contributed by atoms with E-state index in [-0.39, 0.29) is 24.3 Å². The van der Waals surface area contributed by atoms with Crippen molar-refractivity contribution < 1.29 is 95.2 Å². The molecule has 0 rings (SSSR count). The van der Waals surface area contributed by atoms with E-state index in [9.17, 15) is 85.0 Å². The fourth-order valence-electron chi connectivity index (χ4n) is 9.48. The summed E-state index contributed by atoms with van der Waals surface area (Å²) in [4.78, 5) is 10.2. The van der Waals surface area contributed by atoms with Crippen LogP contribution in [0.25, 0.3) is 0 Å². The Morgan fingerprint density at radius 1 is 0.304 bits per heavy atom. The third-order valence-electron chi connectivity index (χ3n) is 18.1. The fraction of sp³-hybridized carbons (Fsp3) is 1.00. The van der Waals surface area contributed by atoms with E-state index in [2.05, 4.69) is 119 Å². The molecule has 0 aliphatic rings. The number of sulfonamides is 1. The van der Waals surface area contributed by atoms with E-state index >= 15 is 0 Å². The van der Waals surface area contributed by atoms with Crippen molar-refractivity contribution >= 4 is 10.0 Å². The normalized spacial score (nSPS) is 17.1. The van der Waals surface area contributed by atoms with Crippen molar-refractivity contribution in [2.75, 3.05) is 133 Å². The second-order valence-corrected chi connectivity index (χ2v) is 34.4. The molecule has 0 heterocycles. The Bertz CT molecular complexity index is 1920. The summed E-state index contributed by atoms with van der Waals surface area (Å²) < 4.78 is 25.5. The molecule has 0 aliphatic heterocycles. The number of aliphatic hydroxyl groups excluding tert-OH is 17. The molecule has 17 N–H and O–H groups in total. The molecule has 0 radical (unpaired) electrons. The van der Waals surface area contributed by atoms with Gasteiger partial charge in [0, 0.05) is 52.9 Å². The van der Waals surface area contributed by atoms with Gasteiger partial charge in [0.05, 0.1) is 67.3 Å². The van der Waals surface area contributed by atoms with E-state index in [1.807, 2.05) is 44.8 Å². The summed E-state index contributed by atoms with van der Waals surface area (Å²) in [5, 5.41) is 161. The molecular formula is C76H170N6O19S. The van der Waals surface area contributed by atoms with Gasteiger partial charge in [-0.05, 0) is 199 Å². The minimum absolute atomic E-state index is 0.121. The first kappa shape index (κ1) is 112. The van der Waals surface area contributed by atoms with Crippen molar-refractivity contribution in [3.8, 4) is 0 Å². The smallest absolute Gasteiger partial charge is 0.213 e. The van der Waals surface area contributed by atoms with E-state index in [4.69, 9.17) is 10.2 Å². The second-order valence-electron chi connectivity index (χ2n) is 32.2. The molecule has 102 heavy (non-hydrogen) atoms. The first-order valence-electron chi connectivity index (χ1n) is 38.8. The van der Waals surface area contributed by atoms with Gasteiger partial charge in [-0.25, -0.2) is 12.7 Å². The lowest BCUT2D eigenvalue weighted by Crippen LogP contribution is -2.52. The van der Waals surface area contributed by atoms with Crippen molar-refractivity contribution in [3.05, 3.63) is 0 Å². The van der Waals surface area contributed by atoms with Crippen LogP contribution in [0.15, 0.2) is 0 Å². The topological polar surface area (TPSA) is 397 Å². The summed E-state index contributed by atoms with van der Waals surface area (Å²) in [7, 11) is 8.32. The number of likely N-dealkylation sites (N-methyl/N-ethyl adjacent to an activating group) is 3. The van der Waals surface area contributed by atoms with E-state index in [0.29, 0.717) is 101 Å². The summed E-state index contributed by atoms with van der Waals surface area (Å²) in [5.74, 6) is 3.78. The highest BCUT2D eigenvalue weighted by Crippen LogP contribution is 2.20. The van der Waals surface area contributed by atoms with Crippen LogP contribution in [0, 0.1) is 40.9 Å². The Morgan fingerprint density at radius 2 is 0.618 bits per heavy atom. The predicted molar refractivity (Wildman–Crippen MR) is 418 cm³/mol. The van der Waals surface area contributed by atoms with Crippen LogP contribution in [0.4, 0.5) is 0 Å². The standard InChI is InChI=1S/C14H31NO6.C14H31NO3S.C13H29NO3.C12H27NO3.C12H27NO2.C11H25NO2/c1-14(2,3)5-6-15(4)7-9(17)11(19)13(21)12(20)10(18)8-16;1-5-14(12-16)8-6-7-11-19(17,18)15(4)10-9-13(2)3;1-5-11(15)13(17)12(16)7-9-14(4)8-6-10(2)3;1-5-10(14)12(16)11(15)8-13(4)7-6-9(2)3;1-5-11(14)12(15)7-9-13(4)8-6-10(2)3;1-5-10(13)11(14)8-12(4)7-6-9(2)3/h9-13,16-21H,5-8H2,1-4H3;13-14,16H,5-12H2,1-4H3;10-13,15-17H,5-9H2,1-4H3;9-12,14-16H,5-8H2,1-4H3;10-12,14-15H,5-9H2,1-4H3;9-11,13-14H,5-8H2,1-4H3. The average molecular weight is 1500 g/mol. The maximum atomic E-state index is 12.0. The maximum Gasteiger partial charge on any atom is 0.213 e. The van der Waals surface area contributed by atoms with Crippen molar-refractivity contribution in [1.82, 2.24) is 28.8 Å². The Balaban J connectivity index is -0.000000272. The number of unbranched alkanes of at least 4 members (excludes halogenated alkanes) is 1. The molecule has 0 bridgehead atoms. The summed E-state index contributed by atoms with van der Waals surface area (Å²) in [5.41, 5.74) is 0.152. The molecule has 0 saturated heterocycles. The molecule has 16 unspecified atom stereocenters. The third-order valence-corrected chi connectivity index (χ3v) is 20.1. The molecule has 0 spiro atoms. The quantitative estimate of drug-likeness (QED) is 0.0372. The zero-order valence-electron chi connectivity index (χ0n) is 69.3. The Labute approximate surface area is 624 Å². The van der Waals surface area contributed by atoms with E-state index in [0.717, 1.165) is 96.6 Å². The van der Waals surface area contributed by atoms with Gasteiger partial charge in [-0.1, -0.05) is 137 Å². The molecule has 0 aromatic heterocycles. The highest BCUT2D eigenvalue weighted by Gasteiger charge is 2.35. The summed E-state index contributed by atoms with van der Waals surface area (Å²) >= 11 is 0. The van der Waals surface area contributed by atoms with Gasteiger partial charge in [-0.15, -0.1) is 0 Å². The Kier molecular flexibility index (Phi) is 72.3. The Hall–Kier alpha value is -0.970. The van der Waals surface area contributed by atoms with Gasteiger partial charge in [0.15, 0.2) is 0 Å². The number of aliphatic hydroxyl groups is 17. The average Bonchev–Trinajstić information content (AvgIpc) is 0.890. The number of nitrogens with zero attached hydrogens (tertiary/aromatic N) is 6. The highest BCUT2D eigenvalue weighted by molar-refractivity contribution is 7.89. The van der Waals surface area contributed by atoms with E-state index in [1.165, 1.54) is 10.7 Å². The van der Waals surface area contributed by atoms with Crippen LogP contribution in [-0.4, -0.2) is 349 Å². The largest absolute Gasteiger partial charge is 0.396 e. The summed E-state index contributed by atoms with van der Waals surface area (Å²) in [6.07, 6.45) is -2.69. The molecule has 25 nitrogen and oxygen atoms in total. The molecule has 16 atom stereocenters. The van der Waals surface area contributed by atoms with Crippen LogP contribution < -0.4 is 0 Å². The molecular weight excluding hydrogens is 1330 g/mol. The first-order chi connectivity index (χ1) is 47.0. The lowest BCUT2D eigenvalue weighted by Gasteiger charge is -2.31. The molecule has 0 saturated carbocycles. The Morgan fingerprint density at radius 3 is 0.971 bits per heavy atom. The van der Waals surface area contributed by atoms with Gasteiger partial charge in [-0.3, -0.25) is 0 Å². The monoisotopic (exact) mass is 1500 g/mol. The molecule has 0 fully saturated rings. The van der Waals surface area contributed by atoms with Gasteiger partial charge in [0.1, 0.15) is 36.6 Å². The lowest BCUT2D eigenvalue weighted by atomic mass is 9.92. The molecule has 0 amide bonds. The summed E-state index contributed by atoms with van der Waals surface area (Å²) in [6.45, 7) is 44.7. The second kappa shape index (κ2) is 65.9. The van der Waals surface area contributed by atoms with E-state index < -0.39 is 108 Å². The molecule has 624 valence electrons. The van der Waals surface area contributed by atoms with Crippen LogP contribution in [0.5, 0.6) is 0 Å². The van der Waals surface area contributed by atoms with Crippen molar-refractivity contribution in [3.63, 3.8) is 0 Å². The third kappa shape index (κ3) is 66.1. The van der Waals surface area contributed by atoms with Crippen molar-refractivity contribution in [2.24, 2.45) is 40.9 Å². The number of rotatable bonds is 52. The first-order valence-corrected chi connectivity index (χ1v) is 40.4. The number of hydrogen-bond donors (Lipinski definition) is 17. The molecule has 0 aromatic rings. The minimum atomic E-state index is -3.10. The summed E-state index contributed by atoms with van der Waals surface area (Å²) in [6, 6.07) is 0. The van der Waals surface area contributed by atoms with Gasteiger partial charge < -0.3 is 111 Å². The molecule has 26 heteroatoms. The lowest BCUT2D eigenvalue weighted by molar-refractivity contribution is -0.142. The van der Waals surface area contributed by atoms with Gasteiger partial charge in [0.2, 0.25) is 10.0 Å². The SMILES string of the molecule is CCC(CO)CCCCS(=O)(=O)N(C)CCC(C)C.CCC(O)C(O)C(O)CCN(C)CCC(C)C.CCC(O)C(O)C(O)CN(C)CCC(C)C.CCC(O)C(O)CCN(C)CCC(C)C.CCC(O)C(O)CN(C)CCC(C)C.CN(CCC(C)(C)C)CC(O)C(O)C(O)C(O)C(O)CO. The zero-order chi connectivity index (χ0) is 80.8. The predicted octanol–water partition coefficient (Wildman–Crippen LogP) is 4.52. The van der Waals surface area contributed by atoms with Crippen LogP contribution >= 0.6 is 0 Å². The van der Waals surface area contributed by atoms with Crippen LogP contribution in [0.2, 0.25) is 0 Å². The van der Waals surface area contributed by atoms with Gasteiger partial charge in [-0.2, -0.15) is 0 Å².